The standard InChI is InChI=1S/C13H9N3OS/c17-13-9-7-14-8-15-10(9)5-6-16(13)11-3-1-2-4-12(11)18/h1-8,18H. The minimum Gasteiger partial charge on any atom is -0.282 e. The first-order valence-corrected chi connectivity index (χ1v) is 5.82. The smallest absolute Gasteiger partial charge is 0.266 e. The lowest BCUT2D eigenvalue weighted by Gasteiger charge is -2.08. The number of pyridine rings is 1. The van der Waals surface area contributed by atoms with Gasteiger partial charge in [-0.1, -0.05) is 12.1 Å². The van der Waals surface area contributed by atoms with Crippen LogP contribution in [0.3, 0.4) is 0 Å². The molecule has 4 nitrogen and oxygen atoms in total. The van der Waals surface area contributed by atoms with Gasteiger partial charge in [-0.05, 0) is 18.2 Å². The Bertz CT molecular complexity index is 782. The SMILES string of the molecule is O=c1c2cncnc2ccn1-c1ccccc1S. The fourth-order valence-corrected chi connectivity index (χ4v) is 2.11. The largest absolute Gasteiger partial charge is 0.282 e. The van der Waals surface area contributed by atoms with E-state index in [-0.39, 0.29) is 5.56 Å². The molecule has 1 aromatic carbocycles. The summed E-state index contributed by atoms with van der Waals surface area (Å²) in [4.78, 5) is 21.0. The molecular weight excluding hydrogens is 246 g/mol. The lowest BCUT2D eigenvalue weighted by molar-refractivity contribution is 0.975. The highest BCUT2D eigenvalue weighted by Crippen LogP contribution is 2.17. The Morgan fingerprint density at radius 3 is 2.83 bits per heavy atom. The zero-order valence-corrected chi connectivity index (χ0v) is 10.2. The van der Waals surface area contributed by atoms with E-state index in [4.69, 9.17) is 0 Å². The van der Waals surface area contributed by atoms with E-state index in [9.17, 15) is 4.79 Å². The third kappa shape index (κ3) is 1.69. The molecule has 0 atom stereocenters. The molecule has 0 radical (unpaired) electrons. The van der Waals surface area contributed by atoms with Gasteiger partial charge in [-0.3, -0.25) is 9.36 Å². The summed E-state index contributed by atoms with van der Waals surface area (Å²) in [6, 6.07) is 9.22. The van der Waals surface area contributed by atoms with E-state index in [2.05, 4.69) is 22.6 Å². The molecule has 88 valence electrons. The van der Waals surface area contributed by atoms with E-state index in [1.54, 1.807) is 16.8 Å². The maximum atomic E-state index is 12.3. The molecule has 0 saturated carbocycles. The maximum absolute atomic E-state index is 12.3. The number of rotatable bonds is 1. The van der Waals surface area contributed by atoms with Crippen LogP contribution in [0.2, 0.25) is 0 Å². The van der Waals surface area contributed by atoms with Gasteiger partial charge in [0.05, 0.1) is 16.6 Å². The molecule has 0 spiro atoms. The summed E-state index contributed by atoms with van der Waals surface area (Å²) < 4.78 is 1.55. The van der Waals surface area contributed by atoms with Gasteiger partial charge in [0, 0.05) is 17.3 Å². The molecule has 0 aliphatic heterocycles. The number of hydrogen-bond acceptors (Lipinski definition) is 4. The van der Waals surface area contributed by atoms with E-state index in [0.717, 1.165) is 10.6 Å². The van der Waals surface area contributed by atoms with Gasteiger partial charge in [0.2, 0.25) is 0 Å². The molecule has 18 heavy (non-hydrogen) atoms. The second-order valence-electron chi connectivity index (χ2n) is 3.80. The van der Waals surface area contributed by atoms with Crippen LogP contribution in [0.4, 0.5) is 0 Å². The zero-order valence-electron chi connectivity index (χ0n) is 9.32. The molecule has 5 heteroatoms. The summed E-state index contributed by atoms with van der Waals surface area (Å²) in [6.07, 6.45) is 4.66. The summed E-state index contributed by atoms with van der Waals surface area (Å²) in [5, 5.41) is 0.497. The van der Waals surface area contributed by atoms with Crippen molar-refractivity contribution in [2.45, 2.75) is 4.90 Å². The second kappa shape index (κ2) is 4.27. The van der Waals surface area contributed by atoms with Crippen molar-refractivity contribution in [1.82, 2.24) is 14.5 Å². The Morgan fingerprint density at radius 2 is 2.00 bits per heavy atom. The van der Waals surface area contributed by atoms with Crippen molar-refractivity contribution in [2.75, 3.05) is 0 Å². The number of nitrogens with zero attached hydrogens (tertiary/aromatic N) is 3. The van der Waals surface area contributed by atoms with Crippen LogP contribution in [0.1, 0.15) is 0 Å². The Balaban J connectivity index is 2.35. The molecular formula is C13H9N3OS. The lowest BCUT2D eigenvalue weighted by atomic mass is 10.2. The van der Waals surface area contributed by atoms with Crippen molar-refractivity contribution < 1.29 is 0 Å². The Kier molecular flexibility index (Phi) is 2.60. The molecule has 2 aromatic heterocycles. The van der Waals surface area contributed by atoms with Crippen molar-refractivity contribution >= 4 is 23.5 Å². The highest BCUT2D eigenvalue weighted by molar-refractivity contribution is 7.80. The second-order valence-corrected chi connectivity index (χ2v) is 4.28. The highest BCUT2D eigenvalue weighted by Gasteiger charge is 2.06. The molecule has 0 aliphatic rings. The molecule has 3 aromatic rings. The zero-order chi connectivity index (χ0) is 12.5. The van der Waals surface area contributed by atoms with Gasteiger partial charge in [-0.2, -0.15) is 0 Å². The van der Waals surface area contributed by atoms with Crippen LogP contribution in [0.15, 0.2) is 58.7 Å². The summed E-state index contributed by atoms with van der Waals surface area (Å²) in [5.74, 6) is 0. The number of thiol groups is 1. The van der Waals surface area contributed by atoms with Gasteiger partial charge in [-0.15, -0.1) is 12.6 Å². The van der Waals surface area contributed by atoms with Gasteiger partial charge in [-0.25, -0.2) is 9.97 Å². The first-order chi connectivity index (χ1) is 8.77. The maximum Gasteiger partial charge on any atom is 0.266 e. The van der Waals surface area contributed by atoms with Crippen LogP contribution in [0.5, 0.6) is 0 Å². The topological polar surface area (TPSA) is 47.8 Å². The normalized spacial score (nSPS) is 10.7. The van der Waals surface area contributed by atoms with Gasteiger partial charge in [0.1, 0.15) is 6.33 Å². The van der Waals surface area contributed by atoms with Crippen molar-refractivity contribution in [2.24, 2.45) is 0 Å². The van der Waals surface area contributed by atoms with Gasteiger partial charge >= 0.3 is 0 Å². The Hall–Kier alpha value is -2.14. The highest BCUT2D eigenvalue weighted by atomic mass is 32.1. The summed E-state index contributed by atoms with van der Waals surface area (Å²) in [7, 11) is 0. The lowest BCUT2D eigenvalue weighted by Crippen LogP contribution is -2.18. The summed E-state index contributed by atoms with van der Waals surface area (Å²) in [5.41, 5.74) is 1.24. The van der Waals surface area contributed by atoms with Gasteiger partial charge in [0.15, 0.2) is 0 Å². The quantitative estimate of drug-likeness (QED) is 0.677. The van der Waals surface area contributed by atoms with Gasteiger partial charge in [0.25, 0.3) is 5.56 Å². The first kappa shape index (κ1) is 11.0. The van der Waals surface area contributed by atoms with Crippen LogP contribution < -0.4 is 5.56 Å². The van der Waals surface area contributed by atoms with Crippen molar-refractivity contribution in [3.8, 4) is 5.69 Å². The van der Waals surface area contributed by atoms with E-state index < -0.39 is 0 Å². The predicted octanol–water partition coefficient (Wildman–Crippen LogP) is 2.07. The average molecular weight is 255 g/mol. The van der Waals surface area contributed by atoms with Crippen LogP contribution in [0.25, 0.3) is 16.6 Å². The molecule has 2 heterocycles. The molecule has 0 amide bonds. The monoisotopic (exact) mass is 255 g/mol. The first-order valence-electron chi connectivity index (χ1n) is 5.37. The summed E-state index contributed by atoms with van der Waals surface area (Å²) in [6.45, 7) is 0. The molecule has 0 aliphatic carbocycles. The van der Waals surface area contributed by atoms with E-state index >= 15 is 0 Å². The van der Waals surface area contributed by atoms with Crippen molar-refractivity contribution in [3.05, 3.63) is 59.4 Å². The molecule has 0 N–H and O–H groups in total. The van der Waals surface area contributed by atoms with E-state index in [1.165, 1.54) is 12.5 Å². The molecule has 0 saturated heterocycles. The van der Waals surface area contributed by atoms with E-state index in [0.29, 0.717) is 10.9 Å². The Morgan fingerprint density at radius 1 is 1.17 bits per heavy atom. The summed E-state index contributed by atoms with van der Waals surface area (Å²) >= 11 is 4.36. The minimum atomic E-state index is -0.144. The fourth-order valence-electron chi connectivity index (χ4n) is 1.84. The number of hydrogen-bond donors (Lipinski definition) is 1. The fraction of sp³-hybridized carbons (Fsp3) is 0. The molecule has 0 bridgehead atoms. The van der Waals surface area contributed by atoms with Gasteiger partial charge < -0.3 is 0 Å². The predicted molar refractivity (Wildman–Crippen MR) is 72.4 cm³/mol. The van der Waals surface area contributed by atoms with E-state index in [1.807, 2.05) is 24.3 Å². The third-order valence-electron chi connectivity index (χ3n) is 2.72. The van der Waals surface area contributed by atoms with Crippen molar-refractivity contribution in [3.63, 3.8) is 0 Å². The molecule has 0 fully saturated rings. The van der Waals surface area contributed by atoms with Crippen LogP contribution in [-0.2, 0) is 0 Å². The van der Waals surface area contributed by atoms with Crippen LogP contribution in [0, 0.1) is 0 Å². The number of fused-ring (bicyclic) bond motifs is 1. The Labute approximate surface area is 108 Å². The van der Waals surface area contributed by atoms with Crippen molar-refractivity contribution in [1.29, 1.82) is 0 Å². The minimum absolute atomic E-state index is 0.144. The number of para-hydroxylation sites is 1. The number of aromatic nitrogens is 3. The number of benzene rings is 1. The van der Waals surface area contributed by atoms with Crippen LogP contribution in [-0.4, -0.2) is 14.5 Å². The third-order valence-corrected chi connectivity index (χ3v) is 3.09. The molecule has 0 unspecified atom stereocenters. The van der Waals surface area contributed by atoms with Crippen LogP contribution >= 0.6 is 12.6 Å². The average Bonchev–Trinajstić information content (AvgIpc) is 2.41. The molecule has 3 rings (SSSR count).